The molecule has 15 heavy (non-hydrogen) atoms. The van der Waals surface area contributed by atoms with E-state index in [4.69, 9.17) is 11.6 Å². The van der Waals surface area contributed by atoms with E-state index in [2.05, 4.69) is 35.9 Å². The maximum atomic E-state index is 5.89. The first kappa shape index (κ1) is 10.4. The predicted octanol–water partition coefficient (Wildman–Crippen LogP) is 3.06. The lowest BCUT2D eigenvalue weighted by Crippen LogP contribution is -2.42. The molecule has 0 saturated heterocycles. The minimum Gasteiger partial charge on any atom is -0.381 e. The Bertz CT molecular complexity index is 376. The van der Waals surface area contributed by atoms with Crippen LogP contribution < -0.4 is 10.2 Å². The lowest BCUT2D eigenvalue weighted by Gasteiger charge is -2.37. The maximum Gasteiger partial charge on any atom is 0.0608 e. The van der Waals surface area contributed by atoms with E-state index in [0.29, 0.717) is 17.6 Å². The number of anilines is 2. The second kappa shape index (κ2) is 4.15. The summed E-state index contributed by atoms with van der Waals surface area (Å²) in [6, 6.07) is 8.72. The van der Waals surface area contributed by atoms with Gasteiger partial charge in [-0.15, -0.1) is 0 Å². The van der Waals surface area contributed by atoms with Crippen molar-refractivity contribution in [3.05, 3.63) is 35.9 Å². The van der Waals surface area contributed by atoms with Crippen molar-refractivity contribution in [2.75, 3.05) is 23.3 Å². The standard InChI is InChI=1S/C12H15ClN2/c1-9(13)8-15-10(2)7-14-11-5-3-4-6-12(11)15/h3-6,10,14H,1,7-8H2,2H3. The molecule has 1 aromatic rings. The third kappa shape index (κ3) is 2.10. The van der Waals surface area contributed by atoms with Gasteiger partial charge in [0, 0.05) is 17.6 Å². The Morgan fingerprint density at radius 2 is 2.33 bits per heavy atom. The smallest absolute Gasteiger partial charge is 0.0608 e. The minimum absolute atomic E-state index is 0.440. The zero-order valence-corrected chi connectivity index (χ0v) is 9.59. The molecule has 0 fully saturated rings. The number of benzene rings is 1. The summed E-state index contributed by atoms with van der Waals surface area (Å²) in [6.45, 7) is 7.60. The number of nitrogens with zero attached hydrogens (tertiary/aromatic N) is 1. The van der Waals surface area contributed by atoms with Crippen LogP contribution in [-0.4, -0.2) is 19.1 Å². The molecule has 1 unspecified atom stereocenters. The highest BCUT2D eigenvalue weighted by molar-refractivity contribution is 6.29. The molecule has 0 radical (unpaired) electrons. The van der Waals surface area contributed by atoms with Gasteiger partial charge in [0.25, 0.3) is 0 Å². The monoisotopic (exact) mass is 222 g/mol. The van der Waals surface area contributed by atoms with Crippen LogP contribution in [-0.2, 0) is 0 Å². The van der Waals surface area contributed by atoms with Crippen molar-refractivity contribution in [1.29, 1.82) is 0 Å². The molecule has 1 atom stereocenters. The fraction of sp³-hybridized carbons (Fsp3) is 0.333. The van der Waals surface area contributed by atoms with Crippen LogP contribution in [0, 0.1) is 0 Å². The van der Waals surface area contributed by atoms with E-state index in [1.807, 2.05) is 12.1 Å². The van der Waals surface area contributed by atoms with Crippen molar-refractivity contribution in [1.82, 2.24) is 0 Å². The lowest BCUT2D eigenvalue weighted by molar-refractivity contribution is 0.672. The molecule has 0 spiro atoms. The first-order valence-corrected chi connectivity index (χ1v) is 5.49. The van der Waals surface area contributed by atoms with Crippen LogP contribution in [0.15, 0.2) is 35.9 Å². The summed E-state index contributed by atoms with van der Waals surface area (Å²) in [4.78, 5) is 2.28. The van der Waals surface area contributed by atoms with Gasteiger partial charge in [0.15, 0.2) is 0 Å². The summed E-state index contributed by atoms with van der Waals surface area (Å²) in [5, 5.41) is 4.08. The highest BCUT2D eigenvalue weighted by Crippen LogP contribution is 2.31. The Morgan fingerprint density at radius 1 is 1.60 bits per heavy atom. The van der Waals surface area contributed by atoms with E-state index in [9.17, 15) is 0 Å². The first-order chi connectivity index (χ1) is 7.18. The van der Waals surface area contributed by atoms with Crippen molar-refractivity contribution in [2.45, 2.75) is 13.0 Å². The number of halogens is 1. The second-order valence-electron chi connectivity index (χ2n) is 3.89. The molecule has 1 N–H and O–H groups in total. The summed E-state index contributed by atoms with van der Waals surface area (Å²) in [7, 11) is 0. The summed E-state index contributed by atoms with van der Waals surface area (Å²) in [5.41, 5.74) is 2.38. The van der Waals surface area contributed by atoms with Crippen LogP contribution in [0.3, 0.4) is 0 Å². The molecule has 3 heteroatoms. The quantitative estimate of drug-likeness (QED) is 0.828. The molecular formula is C12H15ClN2. The second-order valence-corrected chi connectivity index (χ2v) is 4.43. The first-order valence-electron chi connectivity index (χ1n) is 5.11. The molecule has 1 aliphatic rings. The van der Waals surface area contributed by atoms with E-state index in [-0.39, 0.29) is 0 Å². The number of fused-ring (bicyclic) bond motifs is 1. The van der Waals surface area contributed by atoms with Gasteiger partial charge in [0.1, 0.15) is 0 Å². The van der Waals surface area contributed by atoms with Gasteiger partial charge in [0.05, 0.1) is 17.9 Å². The molecule has 0 bridgehead atoms. The maximum absolute atomic E-state index is 5.89. The SMILES string of the molecule is C=C(Cl)CN1c2ccccc2NCC1C. The Hall–Kier alpha value is -1.15. The lowest BCUT2D eigenvalue weighted by atomic mass is 10.1. The largest absolute Gasteiger partial charge is 0.381 e. The zero-order valence-electron chi connectivity index (χ0n) is 8.83. The van der Waals surface area contributed by atoms with Gasteiger partial charge in [-0.25, -0.2) is 0 Å². The van der Waals surface area contributed by atoms with E-state index in [1.54, 1.807) is 0 Å². The number of hydrogen-bond acceptors (Lipinski definition) is 2. The van der Waals surface area contributed by atoms with Crippen molar-refractivity contribution in [3.8, 4) is 0 Å². The van der Waals surface area contributed by atoms with Gasteiger partial charge in [-0.2, -0.15) is 0 Å². The molecule has 1 aromatic carbocycles. The molecule has 80 valence electrons. The molecular weight excluding hydrogens is 208 g/mol. The molecule has 0 aromatic heterocycles. The third-order valence-electron chi connectivity index (χ3n) is 2.68. The van der Waals surface area contributed by atoms with Crippen LogP contribution in [0.5, 0.6) is 0 Å². The summed E-state index contributed by atoms with van der Waals surface area (Å²) in [6.07, 6.45) is 0. The van der Waals surface area contributed by atoms with E-state index in [1.165, 1.54) is 11.4 Å². The average Bonchev–Trinajstić information content (AvgIpc) is 2.22. The van der Waals surface area contributed by atoms with Crippen LogP contribution in [0.25, 0.3) is 0 Å². The average molecular weight is 223 g/mol. The Morgan fingerprint density at radius 3 is 3.07 bits per heavy atom. The van der Waals surface area contributed by atoms with Crippen molar-refractivity contribution in [3.63, 3.8) is 0 Å². The van der Waals surface area contributed by atoms with Gasteiger partial charge in [-0.1, -0.05) is 30.3 Å². The Balaban J connectivity index is 2.32. The molecule has 2 rings (SSSR count). The fourth-order valence-electron chi connectivity index (χ4n) is 1.90. The molecule has 0 amide bonds. The van der Waals surface area contributed by atoms with E-state index < -0.39 is 0 Å². The number of nitrogens with one attached hydrogen (secondary N) is 1. The molecule has 2 nitrogen and oxygen atoms in total. The van der Waals surface area contributed by atoms with Crippen LogP contribution in [0.4, 0.5) is 11.4 Å². The van der Waals surface area contributed by atoms with Gasteiger partial charge >= 0.3 is 0 Å². The van der Waals surface area contributed by atoms with Crippen molar-refractivity contribution >= 4 is 23.0 Å². The van der Waals surface area contributed by atoms with Crippen LogP contribution in [0.1, 0.15) is 6.92 Å². The van der Waals surface area contributed by atoms with E-state index >= 15 is 0 Å². The highest BCUT2D eigenvalue weighted by Gasteiger charge is 2.22. The third-order valence-corrected chi connectivity index (χ3v) is 2.79. The molecule has 0 saturated carbocycles. The van der Waals surface area contributed by atoms with Crippen molar-refractivity contribution < 1.29 is 0 Å². The van der Waals surface area contributed by atoms with Crippen LogP contribution >= 0.6 is 11.6 Å². The number of rotatable bonds is 2. The summed E-state index contributed by atoms with van der Waals surface area (Å²) < 4.78 is 0. The highest BCUT2D eigenvalue weighted by atomic mass is 35.5. The van der Waals surface area contributed by atoms with Crippen LogP contribution in [0.2, 0.25) is 0 Å². The number of para-hydroxylation sites is 2. The summed E-state index contributed by atoms with van der Waals surface area (Å²) in [5.74, 6) is 0. The van der Waals surface area contributed by atoms with Gasteiger partial charge in [-0.05, 0) is 19.1 Å². The Labute approximate surface area is 95.5 Å². The van der Waals surface area contributed by atoms with Gasteiger partial charge < -0.3 is 10.2 Å². The minimum atomic E-state index is 0.440. The summed E-state index contributed by atoms with van der Waals surface area (Å²) >= 11 is 5.89. The van der Waals surface area contributed by atoms with Gasteiger partial charge in [0.2, 0.25) is 0 Å². The van der Waals surface area contributed by atoms with E-state index in [0.717, 1.165) is 6.54 Å². The zero-order chi connectivity index (χ0) is 10.8. The Kier molecular flexibility index (Phi) is 2.87. The van der Waals surface area contributed by atoms with Gasteiger partial charge in [-0.3, -0.25) is 0 Å². The molecule has 0 aliphatic carbocycles. The topological polar surface area (TPSA) is 15.3 Å². The normalized spacial score (nSPS) is 19.3. The predicted molar refractivity (Wildman–Crippen MR) is 66.7 cm³/mol. The molecule has 1 heterocycles. The molecule has 1 aliphatic heterocycles. The fourth-order valence-corrected chi connectivity index (χ4v) is 2.03. The van der Waals surface area contributed by atoms with Crippen molar-refractivity contribution in [2.24, 2.45) is 0 Å². The number of hydrogen-bond donors (Lipinski definition) is 1.